The van der Waals surface area contributed by atoms with E-state index in [0.717, 1.165) is 4.90 Å². The number of imidazole rings is 1. The minimum Gasteiger partial charge on any atom is -0.503 e. The zero-order valence-corrected chi connectivity index (χ0v) is 16.9. The number of ketones is 1. The highest BCUT2D eigenvalue weighted by Gasteiger charge is 2.47. The number of nitrogens with zero attached hydrogens (tertiary/aromatic N) is 5. The number of hydrogen-bond acceptors (Lipinski definition) is 9. The zero-order chi connectivity index (χ0) is 23.3. The van der Waals surface area contributed by atoms with E-state index in [-0.39, 0.29) is 34.2 Å². The highest BCUT2D eigenvalue weighted by Crippen LogP contribution is 2.41. The Morgan fingerprint density at radius 1 is 1.27 bits per heavy atom. The molecular formula is C21H14N6O6. The standard InChI is InChI=1S/C21H14N6O6/c1-10-5-6-14(33-10)17(28)15-16(11-3-2-4-12(7-11)27(31)32)26(20(30)18(15)29)21-22-8-13-19(25-21)24-9-23-13/h2-9,16,29H,1H3,(H,22,23,24,25). The van der Waals surface area contributed by atoms with E-state index in [1.165, 1.54) is 42.9 Å². The number of H-pyrrole nitrogens is 1. The number of anilines is 1. The van der Waals surface area contributed by atoms with Crippen LogP contribution in [0, 0.1) is 17.0 Å². The lowest BCUT2D eigenvalue weighted by molar-refractivity contribution is -0.384. The molecule has 2 N–H and O–H groups in total. The number of amides is 1. The van der Waals surface area contributed by atoms with E-state index in [4.69, 9.17) is 4.42 Å². The highest BCUT2D eigenvalue weighted by atomic mass is 16.6. The van der Waals surface area contributed by atoms with E-state index in [9.17, 15) is 24.8 Å². The van der Waals surface area contributed by atoms with Crippen LogP contribution in [0.3, 0.4) is 0 Å². The first-order valence-corrected chi connectivity index (χ1v) is 9.63. The van der Waals surface area contributed by atoms with Gasteiger partial charge < -0.3 is 14.5 Å². The van der Waals surface area contributed by atoms with Crippen LogP contribution in [0.15, 0.2) is 64.7 Å². The molecule has 0 radical (unpaired) electrons. The van der Waals surface area contributed by atoms with Crippen molar-refractivity contribution in [3.63, 3.8) is 0 Å². The van der Waals surface area contributed by atoms with Gasteiger partial charge in [0, 0.05) is 12.1 Å². The van der Waals surface area contributed by atoms with E-state index in [1.54, 1.807) is 13.0 Å². The molecule has 0 fully saturated rings. The molecule has 5 rings (SSSR count). The molecule has 4 aromatic rings. The average Bonchev–Trinajstić information content (AvgIpc) is 3.51. The van der Waals surface area contributed by atoms with Gasteiger partial charge in [0.15, 0.2) is 17.2 Å². The second-order valence-electron chi connectivity index (χ2n) is 7.24. The quantitative estimate of drug-likeness (QED) is 0.266. The normalized spacial score (nSPS) is 16.1. The molecule has 1 atom stereocenters. The zero-order valence-electron chi connectivity index (χ0n) is 16.9. The first-order valence-electron chi connectivity index (χ1n) is 9.63. The summed E-state index contributed by atoms with van der Waals surface area (Å²) < 4.78 is 5.40. The molecule has 1 aliphatic rings. The third-order valence-corrected chi connectivity index (χ3v) is 5.19. The number of hydrogen-bond donors (Lipinski definition) is 2. The van der Waals surface area contributed by atoms with Gasteiger partial charge in [0.25, 0.3) is 11.6 Å². The topological polar surface area (TPSA) is 168 Å². The van der Waals surface area contributed by atoms with Crippen LogP contribution in [0.25, 0.3) is 11.2 Å². The fraction of sp³-hybridized carbons (Fsp3) is 0.0952. The van der Waals surface area contributed by atoms with Crippen LogP contribution in [0.2, 0.25) is 0 Å². The Kier molecular flexibility index (Phi) is 4.48. The molecule has 1 aromatic carbocycles. The lowest BCUT2D eigenvalue weighted by atomic mass is 9.95. The number of nitro benzene ring substituents is 1. The van der Waals surface area contributed by atoms with Crippen molar-refractivity contribution in [3.05, 3.63) is 87.5 Å². The number of benzene rings is 1. The number of aryl methyl sites for hydroxylation is 1. The summed E-state index contributed by atoms with van der Waals surface area (Å²) >= 11 is 0. The summed E-state index contributed by atoms with van der Waals surface area (Å²) in [6.07, 6.45) is 2.80. The first kappa shape index (κ1) is 20.1. The van der Waals surface area contributed by atoms with Gasteiger partial charge in [-0.05, 0) is 24.6 Å². The fourth-order valence-corrected chi connectivity index (χ4v) is 3.70. The summed E-state index contributed by atoms with van der Waals surface area (Å²) in [7, 11) is 0. The Morgan fingerprint density at radius 2 is 2.09 bits per heavy atom. The summed E-state index contributed by atoms with van der Waals surface area (Å²) in [5, 5.41) is 22.1. The number of furan rings is 1. The molecule has 0 aliphatic carbocycles. The molecule has 3 aromatic heterocycles. The number of rotatable bonds is 5. The minimum absolute atomic E-state index is 0.0946. The van der Waals surface area contributed by atoms with E-state index in [1.807, 2.05) is 0 Å². The number of aliphatic hydroxyl groups excluding tert-OH is 1. The van der Waals surface area contributed by atoms with Crippen molar-refractivity contribution < 1.29 is 24.0 Å². The summed E-state index contributed by atoms with van der Waals surface area (Å²) in [6, 6.07) is 7.16. The molecule has 33 heavy (non-hydrogen) atoms. The minimum atomic E-state index is -1.24. The fourth-order valence-electron chi connectivity index (χ4n) is 3.70. The largest absolute Gasteiger partial charge is 0.503 e. The second-order valence-corrected chi connectivity index (χ2v) is 7.24. The molecular weight excluding hydrogens is 432 g/mol. The lowest BCUT2D eigenvalue weighted by Gasteiger charge is -2.24. The van der Waals surface area contributed by atoms with Gasteiger partial charge in [-0.2, -0.15) is 4.98 Å². The number of carbonyl (C=O) groups excluding carboxylic acids is 2. The average molecular weight is 446 g/mol. The van der Waals surface area contributed by atoms with Gasteiger partial charge in [-0.25, -0.2) is 9.97 Å². The first-order chi connectivity index (χ1) is 15.8. The van der Waals surface area contributed by atoms with E-state index in [0.29, 0.717) is 11.3 Å². The number of aromatic amines is 1. The predicted molar refractivity (Wildman–Crippen MR) is 112 cm³/mol. The van der Waals surface area contributed by atoms with Crippen molar-refractivity contribution in [2.75, 3.05) is 4.90 Å². The Hall–Kier alpha value is -4.87. The van der Waals surface area contributed by atoms with E-state index >= 15 is 0 Å². The van der Waals surface area contributed by atoms with Crippen LogP contribution in [0.1, 0.15) is 27.9 Å². The number of non-ortho nitro benzene ring substituents is 1. The number of carbonyl (C=O) groups is 2. The molecule has 164 valence electrons. The SMILES string of the molecule is Cc1ccc(C(=O)C2=C(O)C(=O)N(c3ncc4[nH]cnc4n3)C2c2cccc([N+](=O)[O-])c2)o1. The summed E-state index contributed by atoms with van der Waals surface area (Å²) in [4.78, 5) is 53.5. The Bertz CT molecular complexity index is 1490. The molecule has 1 unspecified atom stereocenters. The molecule has 12 nitrogen and oxygen atoms in total. The molecule has 1 aliphatic heterocycles. The van der Waals surface area contributed by atoms with E-state index < -0.39 is 28.4 Å². The summed E-state index contributed by atoms with van der Waals surface area (Å²) in [5.74, 6) is -2.28. The van der Waals surface area contributed by atoms with Gasteiger partial charge >= 0.3 is 0 Å². The number of fused-ring (bicyclic) bond motifs is 1. The van der Waals surface area contributed by atoms with Crippen LogP contribution in [0.5, 0.6) is 0 Å². The smallest absolute Gasteiger partial charge is 0.296 e. The van der Waals surface area contributed by atoms with Gasteiger partial charge in [-0.1, -0.05) is 12.1 Å². The third-order valence-electron chi connectivity index (χ3n) is 5.19. The van der Waals surface area contributed by atoms with Crippen LogP contribution < -0.4 is 4.90 Å². The van der Waals surface area contributed by atoms with Crippen LogP contribution in [0.4, 0.5) is 11.6 Å². The predicted octanol–water partition coefficient (Wildman–Crippen LogP) is 2.95. The van der Waals surface area contributed by atoms with Crippen LogP contribution in [-0.2, 0) is 4.79 Å². The maximum Gasteiger partial charge on any atom is 0.296 e. The number of nitro groups is 1. The molecule has 0 saturated carbocycles. The maximum absolute atomic E-state index is 13.3. The van der Waals surface area contributed by atoms with Gasteiger partial charge in [0.1, 0.15) is 11.3 Å². The molecule has 0 saturated heterocycles. The Labute approximate surface area is 184 Å². The van der Waals surface area contributed by atoms with Crippen LogP contribution >= 0.6 is 0 Å². The van der Waals surface area contributed by atoms with Crippen molar-refractivity contribution >= 4 is 34.5 Å². The maximum atomic E-state index is 13.3. The number of nitrogens with one attached hydrogen (secondary N) is 1. The molecule has 0 spiro atoms. The lowest BCUT2D eigenvalue weighted by Crippen LogP contribution is -2.32. The van der Waals surface area contributed by atoms with E-state index in [2.05, 4.69) is 19.9 Å². The van der Waals surface area contributed by atoms with Crippen molar-refractivity contribution in [1.29, 1.82) is 0 Å². The summed E-state index contributed by atoms with van der Waals surface area (Å²) in [6.45, 7) is 1.64. The van der Waals surface area contributed by atoms with Crippen molar-refractivity contribution in [2.24, 2.45) is 0 Å². The van der Waals surface area contributed by atoms with Gasteiger partial charge in [-0.15, -0.1) is 0 Å². The van der Waals surface area contributed by atoms with Gasteiger partial charge in [0.05, 0.1) is 29.1 Å². The van der Waals surface area contributed by atoms with Gasteiger partial charge in [-0.3, -0.25) is 24.6 Å². The number of aliphatic hydroxyl groups is 1. The molecule has 4 heterocycles. The second kappa shape index (κ2) is 7.37. The van der Waals surface area contributed by atoms with Crippen LogP contribution in [-0.4, -0.2) is 41.7 Å². The monoisotopic (exact) mass is 446 g/mol. The van der Waals surface area contributed by atoms with Crippen molar-refractivity contribution in [2.45, 2.75) is 13.0 Å². The van der Waals surface area contributed by atoms with Crippen molar-refractivity contribution in [1.82, 2.24) is 19.9 Å². The molecule has 0 bridgehead atoms. The third kappa shape index (κ3) is 3.20. The Morgan fingerprint density at radius 3 is 2.82 bits per heavy atom. The molecule has 1 amide bonds. The Balaban J connectivity index is 1.70. The summed E-state index contributed by atoms with van der Waals surface area (Å²) in [5.41, 5.74) is 0.415. The van der Waals surface area contributed by atoms with Crippen molar-refractivity contribution in [3.8, 4) is 0 Å². The van der Waals surface area contributed by atoms with Gasteiger partial charge in [0.2, 0.25) is 11.7 Å². The molecule has 12 heteroatoms. The number of Topliss-reactive ketones (excluding diaryl/α,β-unsaturated/α-hetero) is 1. The highest BCUT2D eigenvalue weighted by molar-refractivity contribution is 6.19. The number of aromatic nitrogens is 4.